The summed E-state index contributed by atoms with van der Waals surface area (Å²) < 4.78 is 12.5. The maximum absolute atomic E-state index is 12.9. The maximum Gasteiger partial charge on any atom is 0.348 e. The first-order chi connectivity index (χ1) is 13.4. The fourth-order valence-corrected chi connectivity index (χ4v) is 3.75. The molecule has 0 saturated heterocycles. The quantitative estimate of drug-likeness (QED) is 0.561. The van der Waals surface area contributed by atoms with Crippen LogP contribution in [0.2, 0.25) is 0 Å². The zero-order valence-electron chi connectivity index (χ0n) is 16.5. The van der Waals surface area contributed by atoms with Crippen molar-refractivity contribution in [3.63, 3.8) is 0 Å². The highest BCUT2D eigenvalue weighted by atomic mass is 32.1. The van der Waals surface area contributed by atoms with Gasteiger partial charge in [-0.05, 0) is 37.5 Å². The van der Waals surface area contributed by atoms with E-state index in [9.17, 15) is 9.59 Å². The number of carbonyl (C=O) groups excluding carboxylic acids is 1. The van der Waals surface area contributed by atoms with E-state index in [4.69, 9.17) is 9.47 Å². The van der Waals surface area contributed by atoms with E-state index in [0.29, 0.717) is 40.4 Å². The van der Waals surface area contributed by atoms with Gasteiger partial charge in [0.25, 0.3) is 5.56 Å². The summed E-state index contributed by atoms with van der Waals surface area (Å²) in [6.45, 7) is 8.80. The van der Waals surface area contributed by atoms with Crippen molar-refractivity contribution in [2.24, 2.45) is 5.92 Å². The van der Waals surface area contributed by atoms with Crippen LogP contribution in [-0.4, -0.2) is 28.7 Å². The summed E-state index contributed by atoms with van der Waals surface area (Å²) >= 11 is 1.20. The fourth-order valence-electron chi connectivity index (χ4n) is 2.72. The minimum atomic E-state index is -0.400. The second kappa shape index (κ2) is 8.56. The largest absolute Gasteiger partial charge is 0.492 e. The average molecular weight is 401 g/mol. The molecule has 0 spiro atoms. The molecule has 0 unspecified atom stereocenters. The smallest absolute Gasteiger partial charge is 0.348 e. The molecule has 3 rings (SSSR count). The van der Waals surface area contributed by atoms with Crippen molar-refractivity contribution in [2.45, 2.75) is 34.2 Å². The van der Waals surface area contributed by atoms with Gasteiger partial charge in [0.2, 0.25) is 0 Å². The summed E-state index contributed by atoms with van der Waals surface area (Å²) in [5.41, 5.74) is 1.61. The van der Waals surface area contributed by atoms with Crippen LogP contribution in [0.15, 0.2) is 35.4 Å². The molecule has 0 aliphatic carbocycles. The van der Waals surface area contributed by atoms with Crippen molar-refractivity contribution >= 4 is 27.5 Å². The summed E-state index contributed by atoms with van der Waals surface area (Å²) in [5, 5.41) is 0.472. The molecule has 0 radical (unpaired) electrons. The first-order valence-electron chi connectivity index (χ1n) is 9.22. The van der Waals surface area contributed by atoms with E-state index in [1.54, 1.807) is 6.92 Å². The molecule has 0 aliphatic rings. The van der Waals surface area contributed by atoms with Crippen molar-refractivity contribution in [3.05, 3.63) is 57.0 Å². The Bertz CT molecular complexity index is 1030. The molecule has 148 valence electrons. The second-order valence-electron chi connectivity index (χ2n) is 7.13. The molecule has 6 nitrogen and oxygen atoms in total. The minimum Gasteiger partial charge on any atom is -0.492 e. The molecule has 28 heavy (non-hydrogen) atoms. The van der Waals surface area contributed by atoms with Gasteiger partial charge in [-0.15, -0.1) is 11.3 Å². The van der Waals surface area contributed by atoms with Gasteiger partial charge >= 0.3 is 5.97 Å². The number of ether oxygens (including phenoxy) is 2. The number of fused-ring (bicyclic) bond motifs is 1. The van der Waals surface area contributed by atoms with Gasteiger partial charge < -0.3 is 9.47 Å². The Kier molecular flexibility index (Phi) is 6.14. The lowest BCUT2D eigenvalue weighted by Crippen LogP contribution is -2.23. The first kappa shape index (κ1) is 20.1. The molecule has 3 aromatic rings. The third-order valence-corrected chi connectivity index (χ3v) is 5.45. The highest BCUT2D eigenvalue weighted by Crippen LogP contribution is 2.27. The molecule has 0 amide bonds. The highest BCUT2D eigenvalue weighted by molar-refractivity contribution is 7.20. The molecule has 0 fully saturated rings. The van der Waals surface area contributed by atoms with Crippen molar-refractivity contribution in [1.82, 2.24) is 9.55 Å². The average Bonchev–Trinajstić information content (AvgIpc) is 3.00. The summed E-state index contributed by atoms with van der Waals surface area (Å²) in [6, 6.07) is 7.75. The molecule has 0 saturated carbocycles. The van der Waals surface area contributed by atoms with E-state index < -0.39 is 5.97 Å². The number of aryl methyl sites for hydroxylation is 2. The van der Waals surface area contributed by atoms with Crippen LogP contribution in [0, 0.1) is 19.8 Å². The van der Waals surface area contributed by atoms with E-state index in [0.717, 1.165) is 11.3 Å². The van der Waals surface area contributed by atoms with Crippen molar-refractivity contribution in [1.29, 1.82) is 0 Å². The van der Waals surface area contributed by atoms with Crippen LogP contribution >= 0.6 is 11.3 Å². The monoisotopic (exact) mass is 400 g/mol. The fraction of sp³-hybridized carbons (Fsp3) is 0.381. The molecular weight excluding hydrogens is 376 g/mol. The molecule has 7 heteroatoms. The molecule has 1 aromatic carbocycles. The first-order valence-corrected chi connectivity index (χ1v) is 10.0. The number of nitrogens with zero attached hydrogens (tertiary/aromatic N) is 2. The Morgan fingerprint density at radius 3 is 2.61 bits per heavy atom. The van der Waals surface area contributed by atoms with E-state index in [1.165, 1.54) is 22.2 Å². The lowest BCUT2D eigenvalue weighted by atomic mass is 10.2. The number of rotatable bonds is 7. The molecule has 0 N–H and O–H groups in total. The van der Waals surface area contributed by atoms with Crippen LogP contribution in [0.5, 0.6) is 5.75 Å². The maximum atomic E-state index is 12.9. The van der Waals surface area contributed by atoms with Gasteiger partial charge in [-0.25, -0.2) is 9.78 Å². The van der Waals surface area contributed by atoms with Gasteiger partial charge in [0.1, 0.15) is 22.1 Å². The molecular formula is C21H24N2O4S. The van der Waals surface area contributed by atoms with E-state index >= 15 is 0 Å². The van der Waals surface area contributed by atoms with Crippen molar-refractivity contribution in [3.8, 4) is 5.75 Å². The Balaban J connectivity index is 1.77. The standard InChI is InChI=1S/C21H24N2O4S/c1-13(2)11-27-21(25)18-15(4)17-19(28-18)22-12-23(20(17)24)9-10-26-16-7-5-14(3)6-8-16/h5-8,12-13H,9-11H2,1-4H3. The number of thiophene rings is 1. The van der Waals surface area contributed by atoms with E-state index in [2.05, 4.69) is 4.98 Å². The molecule has 2 aromatic heterocycles. The van der Waals surface area contributed by atoms with Gasteiger partial charge in [0.05, 0.1) is 24.9 Å². The number of benzene rings is 1. The van der Waals surface area contributed by atoms with Crippen LogP contribution in [0.3, 0.4) is 0 Å². The normalized spacial score (nSPS) is 11.2. The second-order valence-corrected chi connectivity index (χ2v) is 8.13. The minimum absolute atomic E-state index is 0.172. The lowest BCUT2D eigenvalue weighted by molar-refractivity contribution is 0.0464. The van der Waals surface area contributed by atoms with E-state index in [-0.39, 0.29) is 11.5 Å². The molecule has 0 aliphatic heterocycles. The van der Waals surface area contributed by atoms with E-state index in [1.807, 2.05) is 45.0 Å². The number of aromatic nitrogens is 2. The Labute approximate surface area is 167 Å². The zero-order valence-corrected chi connectivity index (χ0v) is 17.3. The van der Waals surface area contributed by atoms with Gasteiger partial charge in [-0.1, -0.05) is 31.5 Å². The highest BCUT2D eigenvalue weighted by Gasteiger charge is 2.20. The number of hydrogen-bond acceptors (Lipinski definition) is 6. The number of carbonyl (C=O) groups is 1. The van der Waals surface area contributed by atoms with Crippen LogP contribution < -0.4 is 10.3 Å². The topological polar surface area (TPSA) is 70.4 Å². The lowest BCUT2D eigenvalue weighted by Gasteiger charge is -2.08. The van der Waals surface area contributed by atoms with Crippen molar-refractivity contribution < 1.29 is 14.3 Å². The van der Waals surface area contributed by atoms with Crippen molar-refractivity contribution in [2.75, 3.05) is 13.2 Å². The third-order valence-electron chi connectivity index (χ3n) is 4.27. The number of esters is 1. The summed E-state index contributed by atoms with van der Waals surface area (Å²) in [6.07, 6.45) is 1.50. The van der Waals surface area contributed by atoms with Gasteiger partial charge in [-0.3, -0.25) is 9.36 Å². The Morgan fingerprint density at radius 2 is 1.93 bits per heavy atom. The predicted molar refractivity (Wildman–Crippen MR) is 110 cm³/mol. The Hall–Kier alpha value is -2.67. The number of hydrogen-bond donors (Lipinski definition) is 0. The SMILES string of the molecule is Cc1ccc(OCCn2cnc3sc(C(=O)OCC(C)C)c(C)c3c2=O)cc1. The summed E-state index contributed by atoms with van der Waals surface area (Å²) in [5.74, 6) is 0.611. The third kappa shape index (κ3) is 4.42. The van der Waals surface area contributed by atoms with Crippen LogP contribution in [0.4, 0.5) is 0 Å². The van der Waals surface area contributed by atoms with Gasteiger partial charge in [-0.2, -0.15) is 0 Å². The summed E-state index contributed by atoms with van der Waals surface area (Å²) in [7, 11) is 0. The van der Waals surface area contributed by atoms with Crippen LogP contribution in [0.25, 0.3) is 10.2 Å². The van der Waals surface area contributed by atoms with Crippen LogP contribution in [0.1, 0.15) is 34.6 Å². The molecule has 0 atom stereocenters. The van der Waals surface area contributed by atoms with Gasteiger partial charge in [0.15, 0.2) is 0 Å². The zero-order chi connectivity index (χ0) is 20.3. The molecule has 0 bridgehead atoms. The Morgan fingerprint density at radius 1 is 1.21 bits per heavy atom. The summed E-state index contributed by atoms with van der Waals surface area (Å²) in [4.78, 5) is 30.5. The van der Waals surface area contributed by atoms with Crippen LogP contribution in [-0.2, 0) is 11.3 Å². The van der Waals surface area contributed by atoms with Gasteiger partial charge in [0, 0.05) is 0 Å². The predicted octanol–water partition coefficient (Wildman–Crippen LogP) is 3.97. The molecule has 2 heterocycles.